The second-order valence-corrected chi connectivity index (χ2v) is 4.03. The van der Waals surface area contributed by atoms with E-state index in [1.54, 1.807) is 0 Å². The zero-order valence-electron chi connectivity index (χ0n) is 8.20. The molecule has 14 heavy (non-hydrogen) atoms. The summed E-state index contributed by atoms with van der Waals surface area (Å²) in [5, 5.41) is 18.2. The quantitative estimate of drug-likeness (QED) is 0.766. The van der Waals surface area contributed by atoms with Gasteiger partial charge in [0.15, 0.2) is 0 Å². The predicted molar refractivity (Wildman–Crippen MR) is 53.7 cm³/mol. The molecule has 2 heteroatoms. The largest absolute Gasteiger partial charge is 0.396 e. The number of rotatable bonds is 2. The number of hydrogen-bond donors (Lipinski definition) is 1. The summed E-state index contributed by atoms with van der Waals surface area (Å²) in [6.07, 6.45) is 0.795. The van der Waals surface area contributed by atoms with E-state index in [4.69, 9.17) is 10.4 Å². The van der Waals surface area contributed by atoms with E-state index in [2.05, 4.69) is 6.07 Å². The van der Waals surface area contributed by atoms with E-state index >= 15 is 0 Å². The molecule has 0 amide bonds. The summed E-state index contributed by atoms with van der Waals surface area (Å²) in [5.74, 6) is 0.134. The van der Waals surface area contributed by atoms with Crippen LogP contribution in [0.2, 0.25) is 0 Å². The van der Waals surface area contributed by atoms with Crippen LogP contribution < -0.4 is 0 Å². The van der Waals surface area contributed by atoms with Crippen molar-refractivity contribution in [2.45, 2.75) is 18.8 Å². The molecule has 1 aliphatic rings. The SMILES string of the molecule is Cc1ccc([C@@]2(C#N)C[C@@H]2CO)cc1. The van der Waals surface area contributed by atoms with Gasteiger partial charge in [0, 0.05) is 12.5 Å². The molecule has 1 saturated carbocycles. The highest BCUT2D eigenvalue weighted by atomic mass is 16.3. The van der Waals surface area contributed by atoms with E-state index < -0.39 is 5.41 Å². The van der Waals surface area contributed by atoms with Gasteiger partial charge in [-0.25, -0.2) is 0 Å². The van der Waals surface area contributed by atoms with Crippen molar-refractivity contribution in [3.8, 4) is 6.07 Å². The molecule has 1 aromatic rings. The van der Waals surface area contributed by atoms with Crippen LogP contribution in [0.3, 0.4) is 0 Å². The Hall–Kier alpha value is -1.33. The third kappa shape index (κ3) is 1.21. The van der Waals surface area contributed by atoms with E-state index in [-0.39, 0.29) is 12.5 Å². The van der Waals surface area contributed by atoms with Crippen molar-refractivity contribution < 1.29 is 5.11 Å². The average molecular weight is 187 g/mol. The summed E-state index contributed by atoms with van der Waals surface area (Å²) >= 11 is 0. The highest BCUT2D eigenvalue weighted by molar-refractivity contribution is 5.42. The number of nitrogens with zero attached hydrogens (tertiary/aromatic N) is 1. The molecule has 2 rings (SSSR count). The van der Waals surface area contributed by atoms with Crippen LogP contribution >= 0.6 is 0 Å². The first kappa shape index (κ1) is 9.23. The van der Waals surface area contributed by atoms with Crippen molar-refractivity contribution in [1.82, 2.24) is 0 Å². The summed E-state index contributed by atoms with van der Waals surface area (Å²) in [4.78, 5) is 0. The van der Waals surface area contributed by atoms with E-state index in [0.29, 0.717) is 0 Å². The normalized spacial score (nSPS) is 29.6. The van der Waals surface area contributed by atoms with Gasteiger partial charge in [0.2, 0.25) is 0 Å². The predicted octanol–water partition coefficient (Wildman–Crippen LogP) is 1.77. The Balaban J connectivity index is 2.32. The van der Waals surface area contributed by atoms with Crippen molar-refractivity contribution in [3.63, 3.8) is 0 Å². The molecule has 0 bridgehead atoms. The molecule has 1 aromatic carbocycles. The minimum absolute atomic E-state index is 0.113. The topological polar surface area (TPSA) is 44.0 Å². The van der Waals surface area contributed by atoms with Crippen LogP contribution in [0.25, 0.3) is 0 Å². The lowest BCUT2D eigenvalue weighted by molar-refractivity contribution is 0.269. The molecule has 0 spiro atoms. The number of aliphatic hydroxyl groups is 1. The molecule has 0 aromatic heterocycles. The highest BCUT2D eigenvalue weighted by Crippen LogP contribution is 2.53. The minimum atomic E-state index is -0.400. The summed E-state index contributed by atoms with van der Waals surface area (Å²) in [6.45, 7) is 2.14. The fourth-order valence-corrected chi connectivity index (χ4v) is 1.96. The van der Waals surface area contributed by atoms with E-state index in [1.807, 2.05) is 31.2 Å². The molecule has 2 nitrogen and oxygen atoms in total. The summed E-state index contributed by atoms with van der Waals surface area (Å²) in [7, 11) is 0. The molecule has 0 unspecified atom stereocenters. The van der Waals surface area contributed by atoms with E-state index in [1.165, 1.54) is 5.56 Å². The Bertz CT molecular complexity index is 376. The lowest BCUT2D eigenvalue weighted by Gasteiger charge is -2.08. The Morgan fingerprint density at radius 1 is 1.50 bits per heavy atom. The van der Waals surface area contributed by atoms with Gasteiger partial charge in [0.05, 0.1) is 11.5 Å². The fourth-order valence-electron chi connectivity index (χ4n) is 1.96. The highest BCUT2D eigenvalue weighted by Gasteiger charge is 2.55. The Morgan fingerprint density at radius 2 is 2.14 bits per heavy atom. The Labute approximate surface area is 83.8 Å². The third-order valence-electron chi connectivity index (χ3n) is 3.09. The van der Waals surface area contributed by atoms with Gasteiger partial charge in [-0.1, -0.05) is 29.8 Å². The Kier molecular flexibility index (Phi) is 2.05. The summed E-state index contributed by atoms with van der Waals surface area (Å²) < 4.78 is 0. The zero-order chi connectivity index (χ0) is 10.2. The maximum Gasteiger partial charge on any atom is 0.0877 e. The van der Waals surface area contributed by atoms with Gasteiger partial charge in [0.25, 0.3) is 0 Å². The number of benzene rings is 1. The molecule has 1 fully saturated rings. The minimum Gasteiger partial charge on any atom is -0.396 e. The molecule has 0 aliphatic heterocycles. The van der Waals surface area contributed by atoms with Gasteiger partial charge in [-0.3, -0.25) is 0 Å². The lowest BCUT2D eigenvalue weighted by Crippen LogP contribution is -2.08. The van der Waals surface area contributed by atoms with Crippen LogP contribution in [0.5, 0.6) is 0 Å². The van der Waals surface area contributed by atoms with Crippen molar-refractivity contribution in [2.75, 3.05) is 6.61 Å². The lowest BCUT2D eigenvalue weighted by atomic mass is 9.94. The molecule has 0 heterocycles. The fraction of sp³-hybridized carbons (Fsp3) is 0.417. The third-order valence-corrected chi connectivity index (χ3v) is 3.09. The first-order valence-electron chi connectivity index (χ1n) is 4.82. The first-order chi connectivity index (χ1) is 6.73. The second-order valence-electron chi connectivity index (χ2n) is 4.03. The van der Waals surface area contributed by atoms with Gasteiger partial charge < -0.3 is 5.11 Å². The van der Waals surface area contributed by atoms with Crippen LogP contribution in [0.1, 0.15) is 17.5 Å². The zero-order valence-corrected chi connectivity index (χ0v) is 8.20. The van der Waals surface area contributed by atoms with Gasteiger partial charge in [0.1, 0.15) is 0 Å². The molecule has 1 N–H and O–H groups in total. The molecular weight excluding hydrogens is 174 g/mol. The average Bonchev–Trinajstić information content (AvgIpc) is 2.94. The molecule has 0 saturated heterocycles. The standard InChI is InChI=1S/C12H13NO/c1-9-2-4-10(5-3-9)12(8-13)6-11(12)7-14/h2-5,11,14H,6-7H2,1H3/t11-,12+/m1/s1. The number of aryl methyl sites for hydroxylation is 1. The molecule has 72 valence electrons. The van der Waals surface area contributed by atoms with Crippen LogP contribution in [0.4, 0.5) is 0 Å². The first-order valence-corrected chi connectivity index (χ1v) is 4.82. The van der Waals surface area contributed by atoms with Gasteiger partial charge in [-0.15, -0.1) is 0 Å². The van der Waals surface area contributed by atoms with Crippen LogP contribution in [0.15, 0.2) is 24.3 Å². The smallest absolute Gasteiger partial charge is 0.0877 e. The van der Waals surface area contributed by atoms with Crippen molar-refractivity contribution in [2.24, 2.45) is 5.92 Å². The number of aliphatic hydroxyl groups excluding tert-OH is 1. The second kappa shape index (κ2) is 3.11. The van der Waals surface area contributed by atoms with Gasteiger partial charge in [-0.05, 0) is 18.9 Å². The maximum atomic E-state index is 9.12. The maximum absolute atomic E-state index is 9.12. The monoisotopic (exact) mass is 187 g/mol. The molecular formula is C12H13NO. The molecule has 2 atom stereocenters. The van der Waals surface area contributed by atoms with Crippen molar-refractivity contribution >= 4 is 0 Å². The number of hydrogen-bond acceptors (Lipinski definition) is 2. The van der Waals surface area contributed by atoms with Crippen molar-refractivity contribution in [3.05, 3.63) is 35.4 Å². The molecule has 0 radical (unpaired) electrons. The van der Waals surface area contributed by atoms with Crippen molar-refractivity contribution in [1.29, 1.82) is 5.26 Å². The van der Waals surface area contributed by atoms with E-state index in [0.717, 1.165) is 12.0 Å². The van der Waals surface area contributed by atoms with Crippen LogP contribution in [0, 0.1) is 24.2 Å². The molecule has 1 aliphatic carbocycles. The van der Waals surface area contributed by atoms with E-state index in [9.17, 15) is 0 Å². The Morgan fingerprint density at radius 3 is 2.57 bits per heavy atom. The van der Waals surface area contributed by atoms with Gasteiger partial charge in [-0.2, -0.15) is 5.26 Å². The summed E-state index contributed by atoms with van der Waals surface area (Å²) in [6, 6.07) is 10.3. The van der Waals surface area contributed by atoms with Crippen LogP contribution in [-0.4, -0.2) is 11.7 Å². The van der Waals surface area contributed by atoms with Gasteiger partial charge >= 0.3 is 0 Å². The number of nitriles is 1. The summed E-state index contributed by atoms with van der Waals surface area (Å²) in [5.41, 5.74) is 1.84. The van der Waals surface area contributed by atoms with Crippen LogP contribution in [-0.2, 0) is 5.41 Å².